The van der Waals surface area contributed by atoms with E-state index < -0.39 is 0 Å². The molecule has 2 aromatic heterocycles. The fourth-order valence-corrected chi connectivity index (χ4v) is 6.72. The average Bonchev–Trinajstić information content (AvgIpc) is 3.50. The summed E-state index contributed by atoms with van der Waals surface area (Å²) in [5, 5.41) is 7.28. The fourth-order valence-electron chi connectivity index (χ4n) is 6.72. The van der Waals surface area contributed by atoms with Gasteiger partial charge < -0.3 is 9.32 Å². The molecule has 0 atom stereocenters. The van der Waals surface area contributed by atoms with Crippen LogP contribution in [-0.4, -0.2) is 4.98 Å². The highest BCUT2D eigenvalue weighted by molar-refractivity contribution is 6.13. The predicted octanol–water partition coefficient (Wildman–Crippen LogP) is 12.1. The summed E-state index contributed by atoms with van der Waals surface area (Å²) in [4.78, 5) is 6.52. The lowest BCUT2D eigenvalue weighted by atomic mass is 9.93. The second-order valence-corrected chi connectivity index (χ2v) is 11.6. The van der Waals surface area contributed by atoms with Gasteiger partial charge in [0.15, 0.2) is 5.58 Å². The monoisotopic (exact) mass is 588 g/mol. The summed E-state index contributed by atoms with van der Waals surface area (Å²) < 4.78 is 6.11. The largest absolute Gasteiger partial charge is 0.454 e. The van der Waals surface area contributed by atoms with Crippen LogP contribution in [0.15, 0.2) is 175 Å². The Hall–Kier alpha value is -6.19. The third kappa shape index (κ3) is 4.41. The van der Waals surface area contributed by atoms with Gasteiger partial charge in [0.1, 0.15) is 5.58 Å². The van der Waals surface area contributed by atoms with Gasteiger partial charge in [0, 0.05) is 34.0 Å². The minimum absolute atomic E-state index is 0.809. The Morgan fingerprint density at radius 1 is 0.413 bits per heavy atom. The van der Waals surface area contributed by atoms with Crippen LogP contribution >= 0.6 is 0 Å². The topological polar surface area (TPSA) is 29.3 Å². The van der Waals surface area contributed by atoms with Gasteiger partial charge in [-0.1, -0.05) is 97.1 Å². The van der Waals surface area contributed by atoms with Gasteiger partial charge in [-0.05, 0) is 104 Å². The number of fused-ring (bicyclic) bond motifs is 6. The van der Waals surface area contributed by atoms with Crippen LogP contribution in [0.1, 0.15) is 0 Å². The van der Waals surface area contributed by atoms with Crippen LogP contribution in [0.4, 0.5) is 17.1 Å². The van der Waals surface area contributed by atoms with Gasteiger partial charge in [-0.2, -0.15) is 0 Å². The third-order valence-electron chi connectivity index (χ3n) is 8.95. The minimum atomic E-state index is 0.809. The maximum absolute atomic E-state index is 6.11. The van der Waals surface area contributed by atoms with E-state index in [1.54, 1.807) is 12.4 Å². The number of pyridine rings is 1. The van der Waals surface area contributed by atoms with Gasteiger partial charge in [0.2, 0.25) is 0 Å². The molecule has 0 amide bonds. The lowest BCUT2D eigenvalue weighted by Gasteiger charge is -2.26. The molecule has 9 rings (SSSR count). The first-order chi connectivity index (χ1) is 22.8. The van der Waals surface area contributed by atoms with Crippen molar-refractivity contribution in [2.45, 2.75) is 0 Å². The summed E-state index contributed by atoms with van der Waals surface area (Å²) in [7, 11) is 0. The Labute approximate surface area is 266 Å². The number of aromatic nitrogens is 1. The summed E-state index contributed by atoms with van der Waals surface area (Å²) in [5.41, 5.74) is 9.68. The maximum Gasteiger partial charge on any atom is 0.153 e. The Morgan fingerprint density at radius 2 is 1.02 bits per heavy atom. The lowest BCUT2D eigenvalue weighted by Crippen LogP contribution is -2.09. The van der Waals surface area contributed by atoms with Crippen molar-refractivity contribution < 1.29 is 4.42 Å². The van der Waals surface area contributed by atoms with Crippen LogP contribution in [0, 0.1) is 0 Å². The van der Waals surface area contributed by atoms with Gasteiger partial charge >= 0.3 is 0 Å². The number of benzene rings is 7. The van der Waals surface area contributed by atoms with Crippen molar-refractivity contribution in [3.05, 3.63) is 170 Å². The lowest BCUT2D eigenvalue weighted by molar-refractivity contribution is 0.667. The second-order valence-electron chi connectivity index (χ2n) is 11.6. The molecule has 0 bridgehead atoms. The summed E-state index contributed by atoms with van der Waals surface area (Å²) in [6, 6.07) is 56.3. The Kier molecular flexibility index (Phi) is 6.14. The van der Waals surface area contributed by atoms with E-state index in [-0.39, 0.29) is 0 Å². The van der Waals surface area contributed by atoms with Crippen molar-refractivity contribution in [3.63, 3.8) is 0 Å². The number of anilines is 3. The van der Waals surface area contributed by atoms with Crippen molar-refractivity contribution in [3.8, 4) is 22.3 Å². The minimum Gasteiger partial charge on any atom is -0.454 e. The highest BCUT2D eigenvalue weighted by Gasteiger charge is 2.15. The first kappa shape index (κ1) is 26.2. The van der Waals surface area contributed by atoms with E-state index >= 15 is 0 Å². The zero-order valence-electron chi connectivity index (χ0n) is 25.0. The van der Waals surface area contributed by atoms with Gasteiger partial charge in [0.25, 0.3) is 0 Å². The molecule has 3 nitrogen and oxygen atoms in total. The maximum atomic E-state index is 6.11. The Bertz CT molecular complexity index is 2510. The van der Waals surface area contributed by atoms with Crippen molar-refractivity contribution >= 4 is 60.5 Å². The normalized spacial score (nSPS) is 11.5. The molecule has 0 fully saturated rings. The van der Waals surface area contributed by atoms with Crippen LogP contribution in [0.3, 0.4) is 0 Å². The molecule has 7 aromatic carbocycles. The van der Waals surface area contributed by atoms with E-state index in [1.807, 2.05) is 6.07 Å². The molecular formula is C43H28N2O. The number of para-hydroxylation sites is 1. The molecule has 0 saturated carbocycles. The molecule has 0 spiro atoms. The Morgan fingerprint density at radius 3 is 1.80 bits per heavy atom. The highest BCUT2D eigenvalue weighted by atomic mass is 16.3. The van der Waals surface area contributed by atoms with Crippen molar-refractivity contribution in [1.82, 2.24) is 4.98 Å². The molecule has 0 radical (unpaired) electrons. The zero-order valence-corrected chi connectivity index (χ0v) is 25.0. The van der Waals surface area contributed by atoms with Crippen molar-refractivity contribution in [2.24, 2.45) is 0 Å². The summed E-state index contributed by atoms with van der Waals surface area (Å²) in [6.45, 7) is 0. The molecule has 0 aliphatic rings. The predicted molar refractivity (Wildman–Crippen MR) is 192 cm³/mol. The molecule has 3 heteroatoms. The molecule has 0 aliphatic carbocycles. The molecule has 0 N–H and O–H groups in total. The summed E-state index contributed by atoms with van der Waals surface area (Å²) in [5.74, 6) is 0. The van der Waals surface area contributed by atoms with Crippen LogP contribution in [0.25, 0.3) is 65.7 Å². The van der Waals surface area contributed by atoms with Gasteiger partial charge in [0.05, 0.1) is 6.20 Å². The third-order valence-corrected chi connectivity index (χ3v) is 8.95. The quantitative estimate of drug-likeness (QED) is 0.187. The number of hydrogen-bond donors (Lipinski definition) is 0. The molecule has 0 aliphatic heterocycles. The number of rotatable bonds is 5. The molecule has 2 heterocycles. The van der Waals surface area contributed by atoms with E-state index in [2.05, 4.69) is 162 Å². The first-order valence-corrected chi connectivity index (χ1v) is 15.5. The molecule has 9 aromatic rings. The van der Waals surface area contributed by atoms with Crippen LogP contribution in [-0.2, 0) is 0 Å². The van der Waals surface area contributed by atoms with Crippen molar-refractivity contribution in [1.29, 1.82) is 0 Å². The molecular weight excluding hydrogens is 560 g/mol. The van der Waals surface area contributed by atoms with E-state index in [0.717, 1.165) is 50.1 Å². The van der Waals surface area contributed by atoms with E-state index in [1.165, 1.54) is 32.7 Å². The summed E-state index contributed by atoms with van der Waals surface area (Å²) >= 11 is 0. The van der Waals surface area contributed by atoms with Crippen molar-refractivity contribution in [2.75, 3.05) is 4.90 Å². The summed E-state index contributed by atoms with van der Waals surface area (Å²) in [6.07, 6.45) is 3.58. The van der Waals surface area contributed by atoms with E-state index in [9.17, 15) is 0 Å². The van der Waals surface area contributed by atoms with Gasteiger partial charge in [-0.15, -0.1) is 0 Å². The Balaban J connectivity index is 1.09. The number of hydrogen-bond acceptors (Lipinski definition) is 3. The van der Waals surface area contributed by atoms with E-state index in [4.69, 9.17) is 4.42 Å². The smallest absolute Gasteiger partial charge is 0.153 e. The molecule has 216 valence electrons. The first-order valence-electron chi connectivity index (χ1n) is 15.5. The average molecular weight is 589 g/mol. The SMILES string of the molecule is c1ccc(N(c2ccc(-c3ccc4c(c3)oc3cnccc34)cc2)c2ccc(-c3cc4ccccc4c4ccccc34)cc2)cc1. The standard InChI is InChI=1S/C43H28N2O/c1-2-9-33(10-3-1)45(34-19-14-29(15-20-34)31-18-23-39-40-24-25-44-28-43(40)46-42(39)27-31)35-21-16-30(17-22-35)41-26-32-8-4-5-11-36(32)37-12-6-7-13-38(37)41/h1-28H. The fraction of sp³-hybridized carbons (Fsp3) is 0. The van der Waals surface area contributed by atoms with Gasteiger partial charge in [-0.3, -0.25) is 4.98 Å². The number of nitrogens with zero attached hydrogens (tertiary/aromatic N) is 2. The van der Waals surface area contributed by atoms with E-state index in [0.29, 0.717) is 0 Å². The molecule has 0 saturated heterocycles. The van der Waals surface area contributed by atoms with Crippen LogP contribution in [0.5, 0.6) is 0 Å². The molecule has 0 unspecified atom stereocenters. The van der Waals surface area contributed by atoms with Gasteiger partial charge in [-0.25, -0.2) is 0 Å². The zero-order chi connectivity index (χ0) is 30.5. The second kappa shape index (κ2) is 10.8. The van der Waals surface area contributed by atoms with Crippen LogP contribution in [0.2, 0.25) is 0 Å². The highest BCUT2D eigenvalue weighted by Crippen LogP contribution is 2.39. The number of furan rings is 1. The van der Waals surface area contributed by atoms with Crippen LogP contribution < -0.4 is 4.90 Å². The molecule has 46 heavy (non-hydrogen) atoms.